The molecule has 0 aliphatic rings. The SMILES string of the molecule is Cc1cc(C(N)=S)nc(N(C)Cc2cc(Br)cs2)n1. The lowest BCUT2D eigenvalue weighted by Gasteiger charge is -2.17. The molecule has 0 saturated heterocycles. The molecule has 2 aromatic heterocycles. The van der Waals surface area contributed by atoms with Crippen LogP contribution in [0.3, 0.4) is 0 Å². The summed E-state index contributed by atoms with van der Waals surface area (Å²) in [6.45, 7) is 2.65. The Labute approximate surface area is 129 Å². The van der Waals surface area contributed by atoms with Crippen molar-refractivity contribution in [2.75, 3.05) is 11.9 Å². The molecule has 0 atom stereocenters. The number of anilines is 1. The highest BCUT2D eigenvalue weighted by molar-refractivity contribution is 9.10. The van der Waals surface area contributed by atoms with Crippen LogP contribution in [0.15, 0.2) is 22.0 Å². The van der Waals surface area contributed by atoms with Crippen molar-refractivity contribution in [2.45, 2.75) is 13.5 Å². The Morgan fingerprint density at radius 2 is 2.21 bits per heavy atom. The van der Waals surface area contributed by atoms with Crippen LogP contribution in [0.1, 0.15) is 16.3 Å². The maximum Gasteiger partial charge on any atom is 0.226 e. The molecule has 0 unspecified atom stereocenters. The monoisotopic (exact) mass is 356 g/mol. The van der Waals surface area contributed by atoms with E-state index >= 15 is 0 Å². The Bertz CT molecular complexity index is 612. The molecule has 0 amide bonds. The number of halogens is 1. The summed E-state index contributed by atoms with van der Waals surface area (Å²) < 4.78 is 1.09. The molecule has 100 valence electrons. The van der Waals surface area contributed by atoms with Gasteiger partial charge >= 0.3 is 0 Å². The summed E-state index contributed by atoms with van der Waals surface area (Å²) in [6, 6.07) is 3.88. The van der Waals surface area contributed by atoms with Crippen molar-refractivity contribution in [3.8, 4) is 0 Å². The van der Waals surface area contributed by atoms with Crippen molar-refractivity contribution >= 4 is 50.4 Å². The lowest BCUT2D eigenvalue weighted by Crippen LogP contribution is -2.21. The minimum absolute atomic E-state index is 0.291. The summed E-state index contributed by atoms with van der Waals surface area (Å²) in [4.78, 5) is 12.3. The van der Waals surface area contributed by atoms with Gasteiger partial charge in [0.25, 0.3) is 0 Å². The van der Waals surface area contributed by atoms with E-state index in [1.807, 2.05) is 18.9 Å². The van der Waals surface area contributed by atoms with Gasteiger partial charge in [-0.1, -0.05) is 12.2 Å². The van der Waals surface area contributed by atoms with Crippen molar-refractivity contribution in [2.24, 2.45) is 5.73 Å². The zero-order valence-corrected chi connectivity index (χ0v) is 13.8. The topological polar surface area (TPSA) is 55.0 Å². The molecule has 0 bridgehead atoms. The first kappa shape index (κ1) is 14.4. The average Bonchev–Trinajstić information content (AvgIpc) is 2.73. The zero-order valence-electron chi connectivity index (χ0n) is 10.6. The molecule has 2 heterocycles. The first-order valence-electron chi connectivity index (χ1n) is 5.55. The second-order valence-electron chi connectivity index (χ2n) is 4.15. The van der Waals surface area contributed by atoms with Gasteiger partial charge in [0.2, 0.25) is 5.95 Å². The molecule has 0 radical (unpaired) electrons. The van der Waals surface area contributed by atoms with E-state index in [4.69, 9.17) is 18.0 Å². The predicted octanol–water partition coefficient (Wildman–Crippen LogP) is 2.88. The Kier molecular flexibility index (Phi) is 4.49. The minimum Gasteiger partial charge on any atom is -0.388 e. The predicted molar refractivity (Wildman–Crippen MR) is 86.8 cm³/mol. The van der Waals surface area contributed by atoms with E-state index in [1.54, 1.807) is 17.4 Å². The number of rotatable bonds is 4. The molecule has 0 spiro atoms. The van der Waals surface area contributed by atoms with Gasteiger partial charge in [-0.15, -0.1) is 11.3 Å². The van der Waals surface area contributed by atoms with Gasteiger partial charge in [-0.3, -0.25) is 0 Å². The molecule has 2 rings (SSSR count). The van der Waals surface area contributed by atoms with Crippen molar-refractivity contribution in [3.63, 3.8) is 0 Å². The van der Waals surface area contributed by atoms with Crippen LogP contribution in [0.25, 0.3) is 0 Å². The molecule has 2 aromatic rings. The van der Waals surface area contributed by atoms with E-state index in [-0.39, 0.29) is 0 Å². The van der Waals surface area contributed by atoms with Crippen molar-refractivity contribution in [1.82, 2.24) is 9.97 Å². The molecule has 0 aliphatic heterocycles. The van der Waals surface area contributed by atoms with E-state index in [9.17, 15) is 0 Å². The average molecular weight is 357 g/mol. The Morgan fingerprint density at radius 1 is 1.47 bits per heavy atom. The number of thiocarbonyl (C=S) groups is 1. The maximum absolute atomic E-state index is 5.63. The summed E-state index contributed by atoms with van der Waals surface area (Å²) in [5.41, 5.74) is 7.09. The number of hydrogen-bond donors (Lipinski definition) is 1. The minimum atomic E-state index is 0.291. The van der Waals surface area contributed by atoms with Gasteiger partial charge < -0.3 is 10.6 Å². The quantitative estimate of drug-likeness (QED) is 0.853. The van der Waals surface area contributed by atoms with Gasteiger partial charge in [0.15, 0.2) is 0 Å². The highest BCUT2D eigenvalue weighted by Gasteiger charge is 2.10. The fourth-order valence-corrected chi connectivity index (χ4v) is 3.20. The molecule has 0 aliphatic carbocycles. The number of nitrogens with zero attached hydrogens (tertiary/aromatic N) is 3. The van der Waals surface area contributed by atoms with E-state index in [1.165, 1.54) is 4.88 Å². The van der Waals surface area contributed by atoms with Crippen LogP contribution < -0.4 is 10.6 Å². The number of nitrogens with two attached hydrogens (primary N) is 1. The van der Waals surface area contributed by atoms with Crippen LogP contribution in [0.5, 0.6) is 0 Å². The van der Waals surface area contributed by atoms with Gasteiger partial charge in [-0.05, 0) is 35.0 Å². The summed E-state index contributed by atoms with van der Waals surface area (Å²) >= 11 is 10.1. The van der Waals surface area contributed by atoms with Crippen LogP contribution in [-0.4, -0.2) is 22.0 Å². The van der Waals surface area contributed by atoms with Crippen molar-refractivity contribution < 1.29 is 0 Å². The van der Waals surface area contributed by atoms with E-state index in [0.29, 0.717) is 16.6 Å². The molecule has 0 fully saturated rings. The van der Waals surface area contributed by atoms with Gasteiger partial charge in [0, 0.05) is 27.5 Å². The standard InChI is InChI=1S/C12H13BrN4S2/c1-7-3-10(11(14)18)16-12(15-7)17(2)5-9-4-8(13)6-19-9/h3-4,6H,5H2,1-2H3,(H2,14,18). The first-order valence-corrected chi connectivity index (χ1v) is 7.63. The molecule has 2 N–H and O–H groups in total. The highest BCUT2D eigenvalue weighted by Crippen LogP contribution is 2.22. The lowest BCUT2D eigenvalue weighted by molar-refractivity contribution is 0.868. The largest absolute Gasteiger partial charge is 0.388 e. The molecular formula is C12H13BrN4S2. The molecule has 4 nitrogen and oxygen atoms in total. The van der Waals surface area contributed by atoms with Crippen LogP contribution in [-0.2, 0) is 6.54 Å². The van der Waals surface area contributed by atoms with Gasteiger partial charge in [-0.25, -0.2) is 9.97 Å². The molecule has 0 aromatic carbocycles. The number of thiophene rings is 1. The highest BCUT2D eigenvalue weighted by atomic mass is 79.9. The third-order valence-electron chi connectivity index (χ3n) is 2.45. The van der Waals surface area contributed by atoms with E-state index in [2.05, 4.69) is 37.3 Å². The number of aryl methyl sites for hydroxylation is 1. The summed E-state index contributed by atoms with van der Waals surface area (Å²) in [5.74, 6) is 0.632. The van der Waals surface area contributed by atoms with E-state index < -0.39 is 0 Å². The van der Waals surface area contributed by atoms with Gasteiger partial charge in [0.1, 0.15) is 10.7 Å². The second kappa shape index (κ2) is 5.94. The summed E-state index contributed by atoms with van der Waals surface area (Å²) in [5, 5.41) is 2.06. The Hall–Kier alpha value is -1.05. The second-order valence-corrected chi connectivity index (χ2v) is 6.50. The molecule has 19 heavy (non-hydrogen) atoms. The van der Waals surface area contributed by atoms with Crippen LogP contribution in [0, 0.1) is 6.92 Å². The van der Waals surface area contributed by atoms with Crippen molar-refractivity contribution in [3.05, 3.63) is 38.3 Å². The zero-order chi connectivity index (χ0) is 14.0. The number of hydrogen-bond acceptors (Lipinski definition) is 5. The van der Waals surface area contributed by atoms with Gasteiger partial charge in [-0.2, -0.15) is 0 Å². The first-order chi connectivity index (χ1) is 8.95. The molecule has 7 heteroatoms. The fourth-order valence-electron chi connectivity index (χ4n) is 1.59. The number of aromatic nitrogens is 2. The molecular weight excluding hydrogens is 344 g/mol. The Morgan fingerprint density at radius 3 is 2.79 bits per heavy atom. The van der Waals surface area contributed by atoms with E-state index in [0.717, 1.165) is 16.7 Å². The summed E-state index contributed by atoms with van der Waals surface area (Å²) in [6.07, 6.45) is 0. The molecule has 0 saturated carbocycles. The smallest absolute Gasteiger partial charge is 0.226 e. The Balaban J connectivity index is 2.23. The van der Waals surface area contributed by atoms with Crippen molar-refractivity contribution in [1.29, 1.82) is 0 Å². The van der Waals surface area contributed by atoms with Crippen LogP contribution >= 0.6 is 39.5 Å². The third-order valence-corrected chi connectivity index (χ3v) is 4.34. The van der Waals surface area contributed by atoms with Gasteiger partial charge in [0.05, 0.1) is 6.54 Å². The summed E-state index contributed by atoms with van der Waals surface area (Å²) in [7, 11) is 1.95. The lowest BCUT2D eigenvalue weighted by atomic mass is 10.3. The fraction of sp³-hybridized carbons (Fsp3) is 0.250. The normalized spacial score (nSPS) is 10.5. The van der Waals surface area contributed by atoms with Crippen LogP contribution in [0.2, 0.25) is 0 Å². The van der Waals surface area contributed by atoms with Crippen LogP contribution in [0.4, 0.5) is 5.95 Å². The maximum atomic E-state index is 5.63. The third kappa shape index (κ3) is 3.71.